The van der Waals surface area contributed by atoms with Crippen LogP contribution in [0.5, 0.6) is 0 Å². The maximum atomic E-state index is 13.5. The first-order valence-corrected chi connectivity index (χ1v) is 12.6. The van der Waals surface area contributed by atoms with E-state index < -0.39 is 17.5 Å². The zero-order chi connectivity index (χ0) is 26.4. The number of ether oxygens (including phenoxy) is 1. The Morgan fingerprint density at radius 1 is 1.14 bits per heavy atom. The van der Waals surface area contributed by atoms with Crippen LogP contribution in [0.15, 0.2) is 42.9 Å². The number of fused-ring (bicyclic) bond motifs is 1. The molecule has 0 bridgehead atoms. The Hall–Kier alpha value is -3.27. The quantitative estimate of drug-likeness (QED) is 0.492. The van der Waals surface area contributed by atoms with Gasteiger partial charge < -0.3 is 24.3 Å². The van der Waals surface area contributed by atoms with Crippen molar-refractivity contribution in [2.24, 2.45) is 11.3 Å². The monoisotopic (exact) mass is 515 g/mol. The molecule has 5 rings (SSSR count). The fourth-order valence-electron chi connectivity index (χ4n) is 5.18. The predicted octanol–water partition coefficient (Wildman–Crippen LogP) is 5.59. The van der Waals surface area contributed by atoms with Gasteiger partial charge in [0.2, 0.25) is 0 Å². The summed E-state index contributed by atoms with van der Waals surface area (Å²) in [5.41, 5.74) is 3.63. The normalized spacial score (nSPS) is 19.0. The predicted molar refractivity (Wildman–Crippen MR) is 137 cm³/mol. The molecule has 2 saturated heterocycles. The summed E-state index contributed by atoms with van der Waals surface area (Å²) in [4.78, 5) is 21.3. The highest BCUT2D eigenvalue weighted by atomic mass is 19.4. The van der Waals surface area contributed by atoms with E-state index in [4.69, 9.17) is 4.74 Å². The molecule has 7 nitrogen and oxygen atoms in total. The third-order valence-corrected chi connectivity index (χ3v) is 7.85. The number of imidazole rings is 1. The number of likely N-dealkylation sites (tertiary alicyclic amines) is 1. The van der Waals surface area contributed by atoms with Gasteiger partial charge in [-0.15, -0.1) is 0 Å². The van der Waals surface area contributed by atoms with Gasteiger partial charge in [0.05, 0.1) is 24.3 Å². The Kier molecular flexibility index (Phi) is 6.55. The van der Waals surface area contributed by atoms with Gasteiger partial charge in [0.25, 0.3) is 0 Å². The smallest absolute Gasteiger partial charge is 0.378 e. The van der Waals surface area contributed by atoms with Gasteiger partial charge in [0.1, 0.15) is 0 Å². The van der Waals surface area contributed by atoms with E-state index in [1.807, 2.05) is 41.9 Å². The lowest BCUT2D eigenvalue weighted by Gasteiger charge is -2.33. The van der Waals surface area contributed by atoms with Crippen LogP contribution in [0.1, 0.15) is 25.8 Å². The lowest BCUT2D eigenvalue weighted by molar-refractivity contribution is -0.227. The summed E-state index contributed by atoms with van der Waals surface area (Å²) in [6.07, 6.45) is 1.72. The van der Waals surface area contributed by atoms with Crippen molar-refractivity contribution < 1.29 is 22.7 Å². The number of halogens is 3. The number of hydrogen-bond donors (Lipinski definition) is 1. The Labute approximate surface area is 214 Å². The van der Waals surface area contributed by atoms with Gasteiger partial charge in [-0.3, -0.25) is 0 Å². The summed E-state index contributed by atoms with van der Waals surface area (Å²) in [5.74, 6) is -0.632. The number of anilines is 2. The molecule has 1 aromatic carbocycles. The molecule has 4 heterocycles. The Morgan fingerprint density at radius 3 is 2.62 bits per heavy atom. The van der Waals surface area contributed by atoms with Crippen LogP contribution in [-0.4, -0.2) is 65.9 Å². The van der Waals surface area contributed by atoms with Crippen molar-refractivity contribution in [3.8, 4) is 11.1 Å². The molecular formula is C27H32F3N5O2. The van der Waals surface area contributed by atoms with Gasteiger partial charge in [-0.25, -0.2) is 9.78 Å². The van der Waals surface area contributed by atoms with Crippen molar-refractivity contribution in [1.29, 1.82) is 0 Å². The highest BCUT2D eigenvalue weighted by Crippen LogP contribution is 2.47. The van der Waals surface area contributed by atoms with Crippen molar-refractivity contribution in [1.82, 2.24) is 14.3 Å². The van der Waals surface area contributed by atoms with Crippen LogP contribution in [0.2, 0.25) is 0 Å². The second kappa shape index (κ2) is 9.55. The average molecular weight is 516 g/mol. The molecular weight excluding hydrogens is 483 g/mol. The van der Waals surface area contributed by atoms with E-state index in [1.165, 1.54) is 18.7 Å². The van der Waals surface area contributed by atoms with Crippen LogP contribution in [-0.2, 0) is 4.74 Å². The van der Waals surface area contributed by atoms with Gasteiger partial charge in [-0.1, -0.05) is 19.9 Å². The van der Waals surface area contributed by atoms with E-state index in [1.54, 1.807) is 6.20 Å². The maximum Gasteiger partial charge on any atom is 0.394 e. The second-order valence-corrected chi connectivity index (χ2v) is 10.5. The molecule has 2 amide bonds. The van der Waals surface area contributed by atoms with Crippen molar-refractivity contribution in [2.45, 2.75) is 33.4 Å². The number of alkyl halides is 3. The fraction of sp³-hybridized carbons (Fsp3) is 0.481. The van der Waals surface area contributed by atoms with E-state index in [2.05, 4.69) is 21.3 Å². The number of pyridine rings is 1. The summed E-state index contributed by atoms with van der Waals surface area (Å²) in [6.45, 7) is 7.71. The number of aryl methyl sites for hydroxylation is 1. The van der Waals surface area contributed by atoms with Gasteiger partial charge >= 0.3 is 12.2 Å². The van der Waals surface area contributed by atoms with E-state index in [-0.39, 0.29) is 12.6 Å². The Balaban J connectivity index is 1.38. The number of aromatic nitrogens is 2. The molecule has 0 saturated carbocycles. The van der Waals surface area contributed by atoms with E-state index in [0.717, 1.165) is 41.1 Å². The number of carbonyl (C=O) groups excluding carboxylic acids is 1. The Bertz CT molecular complexity index is 1300. The summed E-state index contributed by atoms with van der Waals surface area (Å²) in [6, 6.07) is 7.42. The molecule has 0 spiro atoms. The molecule has 10 heteroatoms. The SMILES string of the molecule is Cc1ccc(NC(=O)N2CCC(C(C)(C)C(F)(F)F)C2)cc1-c1cc(N2CCOCC2)c2nccn2c1. The minimum Gasteiger partial charge on any atom is -0.378 e. The van der Waals surface area contributed by atoms with Crippen molar-refractivity contribution in [3.05, 3.63) is 48.4 Å². The molecule has 1 unspecified atom stereocenters. The van der Waals surface area contributed by atoms with E-state index in [0.29, 0.717) is 31.9 Å². The number of nitrogens with zero attached hydrogens (tertiary/aromatic N) is 4. The van der Waals surface area contributed by atoms with Crippen molar-refractivity contribution in [3.63, 3.8) is 0 Å². The third kappa shape index (κ3) is 4.86. The lowest BCUT2D eigenvalue weighted by Crippen LogP contribution is -2.41. The molecule has 2 aromatic heterocycles. The second-order valence-electron chi connectivity index (χ2n) is 10.5. The maximum absolute atomic E-state index is 13.5. The lowest BCUT2D eigenvalue weighted by atomic mass is 9.77. The molecule has 2 aliphatic rings. The van der Waals surface area contributed by atoms with Crippen LogP contribution in [0.3, 0.4) is 0 Å². The molecule has 2 fully saturated rings. The molecule has 0 radical (unpaired) electrons. The molecule has 0 aliphatic carbocycles. The fourth-order valence-corrected chi connectivity index (χ4v) is 5.18. The van der Waals surface area contributed by atoms with Crippen LogP contribution < -0.4 is 10.2 Å². The van der Waals surface area contributed by atoms with E-state index >= 15 is 0 Å². The molecule has 3 aromatic rings. The molecule has 1 N–H and O–H groups in total. The van der Waals surface area contributed by atoms with Crippen molar-refractivity contribution in [2.75, 3.05) is 49.6 Å². The number of rotatable bonds is 4. The first-order chi connectivity index (χ1) is 17.5. The number of morpholine rings is 1. The number of urea groups is 1. The molecule has 1 atom stereocenters. The average Bonchev–Trinajstić information content (AvgIpc) is 3.55. The van der Waals surface area contributed by atoms with Gasteiger partial charge in [-0.2, -0.15) is 13.2 Å². The van der Waals surface area contributed by atoms with Gasteiger partial charge in [0, 0.05) is 56.0 Å². The number of hydrogen-bond acceptors (Lipinski definition) is 4. The molecule has 2 aliphatic heterocycles. The minimum atomic E-state index is -4.31. The number of carbonyl (C=O) groups is 1. The zero-order valence-electron chi connectivity index (χ0n) is 21.3. The van der Waals surface area contributed by atoms with Crippen LogP contribution in [0, 0.1) is 18.3 Å². The summed E-state index contributed by atoms with van der Waals surface area (Å²) in [7, 11) is 0. The van der Waals surface area contributed by atoms with Gasteiger partial charge in [0.15, 0.2) is 5.65 Å². The summed E-state index contributed by atoms with van der Waals surface area (Å²) in [5, 5.41) is 2.90. The summed E-state index contributed by atoms with van der Waals surface area (Å²) < 4.78 is 48.0. The van der Waals surface area contributed by atoms with Crippen LogP contribution in [0.4, 0.5) is 29.3 Å². The highest BCUT2D eigenvalue weighted by Gasteiger charge is 2.53. The van der Waals surface area contributed by atoms with Crippen molar-refractivity contribution >= 4 is 23.1 Å². The van der Waals surface area contributed by atoms with E-state index in [9.17, 15) is 18.0 Å². The minimum absolute atomic E-state index is 0.0806. The molecule has 37 heavy (non-hydrogen) atoms. The summed E-state index contributed by atoms with van der Waals surface area (Å²) >= 11 is 0. The number of benzene rings is 1. The standard InChI is InChI=1S/C27H32F3N5O2/c1-18-4-5-21(32-25(36)35-8-6-20(17-35)26(2,3)27(28,29)30)15-22(18)19-14-23(33-10-12-37-13-11-33)24-31-7-9-34(24)16-19/h4-5,7,9,14-16,20H,6,8,10-13,17H2,1-3H3,(H,32,36). The third-order valence-electron chi connectivity index (χ3n) is 7.85. The zero-order valence-corrected chi connectivity index (χ0v) is 21.3. The molecule has 198 valence electrons. The Morgan fingerprint density at radius 2 is 1.89 bits per heavy atom. The first-order valence-electron chi connectivity index (χ1n) is 12.6. The topological polar surface area (TPSA) is 62.1 Å². The van der Waals surface area contributed by atoms with Crippen LogP contribution >= 0.6 is 0 Å². The van der Waals surface area contributed by atoms with Gasteiger partial charge in [-0.05, 0) is 48.6 Å². The first kappa shape index (κ1) is 25.4. The largest absolute Gasteiger partial charge is 0.394 e. The van der Waals surface area contributed by atoms with Crippen LogP contribution in [0.25, 0.3) is 16.8 Å². The highest BCUT2D eigenvalue weighted by molar-refractivity contribution is 5.91. The number of amides is 2. The number of nitrogens with one attached hydrogen (secondary N) is 1.